The highest BCUT2D eigenvalue weighted by Crippen LogP contribution is 2.32. The summed E-state index contributed by atoms with van der Waals surface area (Å²) >= 11 is 3.17. The van der Waals surface area contributed by atoms with Crippen LogP contribution in [0.15, 0.2) is 51.8 Å². The minimum absolute atomic E-state index is 0.00762. The van der Waals surface area contributed by atoms with Crippen molar-refractivity contribution in [2.45, 2.75) is 11.4 Å². The molecule has 7 heteroatoms. The van der Waals surface area contributed by atoms with Crippen LogP contribution >= 0.6 is 15.9 Å². The van der Waals surface area contributed by atoms with Crippen LogP contribution in [0.2, 0.25) is 0 Å². The van der Waals surface area contributed by atoms with E-state index in [1.54, 1.807) is 12.1 Å². The lowest BCUT2D eigenvalue weighted by molar-refractivity contribution is 0.0865. The molecule has 1 heterocycles. The maximum atomic E-state index is 13.1. The molecule has 21 heavy (non-hydrogen) atoms. The summed E-state index contributed by atoms with van der Waals surface area (Å²) in [7, 11) is -3.85. The van der Waals surface area contributed by atoms with E-state index in [0.29, 0.717) is 10.0 Å². The third-order valence-corrected chi connectivity index (χ3v) is 5.77. The zero-order valence-corrected chi connectivity index (χ0v) is 13.0. The summed E-state index contributed by atoms with van der Waals surface area (Å²) in [5.41, 5.74) is 0.678. The normalized spacial score (nSPS) is 16.1. The lowest BCUT2D eigenvalue weighted by Gasteiger charge is -2.16. The molecule has 0 aliphatic carbocycles. The summed E-state index contributed by atoms with van der Waals surface area (Å²) in [4.78, 5) is 12.3. The number of fused-ring (bicyclic) bond motifs is 1. The second-order valence-corrected chi connectivity index (χ2v) is 7.23. The highest BCUT2D eigenvalue weighted by molar-refractivity contribution is 9.10. The molecule has 4 nitrogen and oxygen atoms in total. The van der Waals surface area contributed by atoms with Gasteiger partial charge in [0.15, 0.2) is 0 Å². The molecule has 0 saturated heterocycles. The number of carbonyl (C=O) groups excluding carboxylic acids is 1. The smallest absolute Gasteiger partial charge is 0.268 e. The lowest BCUT2D eigenvalue weighted by atomic mass is 10.2. The molecule has 1 aliphatic heterocycles. The van der Waals surface area contributed by atoms with Crippen LogP contribution in [0, 0.1) is 5.82 Å². The van der Waals surface area contributed by atoms with E-state index in [4.69, 9.17) is 0 Å². The van der Waals surface area contributed by atoms with Crippen LogP contribution < -0.4 is 0 Å². The summed E-state index contributed by atoms with van der Waals surface area (Å²) in [6.07, 6.45) is 0. The molecule has 0 radical (unpaired) electrons. The Kier molecular flexibility index (Phi) is 3.33. The maximum absolute atomic E-state index is 13.1. The van der Waals surface area contributed by atoms with Crippen molar-refractivity contribution >= 4 is 31.9 Å². The van der Waals surface area contributed by atoms with E-state index in [1.165, 1.54) is 30.3 Å². The van der Waals surface area contributed by atoms with Gasteiger partial charge >= 0.3 is 0 Å². The molecule has 0 saturated carbocycles. The topological polar surface area (TPSA) is 54.5 Å². The Morgan fingerprint density at radius 2 is 1.86 bits per heavy atom. The summed E-state index contributed by atoms with van der Waals surface area (Å²) < 4.78 is 39.1. The van der Waals surface area contributed by atoms with Crippen molar-refractivity contribution in [2.75, 3.05) is 0 Å². The highest BCUT2D eigenvalue weighted by atomic mass is 79.9. The fourth-order valence-corrected chi connectivity index (χ4v) is 4.22. The van der Waals surface area contributed by atoms with E-state index in [0.717, 1.165) is 4.31 Å². The van der Waals surface area contributed by atoms with Crippen LogP contribution in [0.3, 0.4) is 0 Å². The van der Waals surface area contributed by atoms with Crippen molar-refractivity contribution in [3.05, 3.63) is 63.9 Å². The Morgan fingerprint density at radius 3 is 2.52 bits per heavy atom. The molecule has 0 N–H and O–H groups in total. The summed E-state index contributed by atoms with van der Waals surface area (Å²) in [5.74, 6) is -1.01. The first kappa shape index (κ1) is 14.2. The van der Waals surface area contributed by atoms with Gasteiger partial charge in [-0.25, -0.2) is 17.1 Å². The van der Waals surface area contributed by atoms with Gasteiger partial charge in [0.25, 0.3) is 15.9 Å². The van der Waals surface area contributed by atoms with Gasteiger partial charge in [-0.2, -0.15) is 0 Å². The third kappa shape index (κ3) is 2.26. The fraction of sp³-hybridized carbons (Fsp3) is 0.0714. The van der Waals surface area contributed by atoms with Crippen LogP contribution in [0.5, 0.6) is 0 Å². The first-order chi connectivity index (χ1) is 9.91. The second kappa shape index (κ2) is 4.92. The van der Waals surface area contributed by atoms with Gasteiger partial charge in [-0.3, -0.25) is 4.79 Å². The van der Waals surface area contributed by atoms with Gasteiger partial charge in [0.1, 0.15) is 10.7 Å². The average molecular weight is 370 g/mol. The van der Waals surface area contributed by atoms with Crippen molar-refractivity contribution < 1.29 is 17.6 Å². The lowest BCUT2D eigenvalue weighted by Crippen LogP contribution is -2.29. The van der Waals surface area contributed by atoms with Gasteiger partial charge < -0.3 is 0 Å². The third-order valence-electron chi connectivity index (χ3n) is 3.24. The predicted molar refractivity (Wildman–Crippen MR) is 77.6 cm³/mol. The predicted octanol–water partition coefficient (Wildman–Crippen LogP) is 2.93. The largest absolute Gasteiger partial charge is 0.269 e. The molecule has 2 aromatic carbocycles. The van der Waals surface area contributed by atoms with Gasteiger partial charge in [0.2, 0.25) is 0 Å². The summed E-state index contributed by atoms with van der Waals surface area (Å²) in [6.45, 7) is -0.142. The van der Waals surface area contributed by atoms with Crippen LogP contribution in [-0.2, 0) is 16.6 Å². The number of nitrogens with zero attached hydrogens (tertiary/aromatic N) is 1. The van der Waals surface area contributed by atoms with E-state index in [9.17, 15) is 17.6 Å². The quantitative estimate of drug-likeness (QED) is 0.817. The minimum Gasteiger partial charge on any atom is -0.268 e. The summed E-state index contributed by atoms with van der Waals surface area (Å²) in [5, 5.41) is 0. The second-order valence-electron chi connectivity index (χ2n) is 4.55. The molecule has 108 valence electrons. The molecule has 0 unspecified atom stereocenters. The number of sulfonamides is 1. The Morgan fingerprint density at radius 1 is 1.14 bits per heavy atom. The number of hydrogen-bond donors (Lipinski definition) is 0. The van der Waals surface area contributed by atoms with Crippen LogP contribution in [0.25, 0.3) is 0 Å². The first-order valence-corrected chi connectivity index (χ1v) is 8.24. The van der Waals surface area contributed by atoms with Crippen LogP contribution in [0.1, 0.15) is 15.9 Å². The van der Waals surface area contributed by atoms with Gasteiger partial charge in [-0.05, 0) is 29.8 Å². The van der Waals surface area contributed by atoms with E-state index >= 15 is 0 Å². The number of hydrogen-bond acceptors (Lipinski definition) is 3. The number of benzene rings is 2. The molecule has 2 aromatic rings. The molecule has 1 aliphatic rings. The SMILES string of the molecule is O=C1c2ccccc2S(=O)(=O)N1Cc1ccc(F)cc1Br. The van der Waals surface area contributed by atoms with Gasteiger partial charge in [-0.15, -0.1) is 0 Å². The molecule has 0 bridgehead atoms. The Labute approximate surface area is 129 Å². The fourth-order valence-electron chi connectivity index (χ4n) is 2.19. The first-order valence-electron chi connectivity index (χ1n) is 6.01. The van der Waals surface area contributed by atoms with Gasteiger partial charge in [-0.1, -0.05) is 34.1 Å². The number of halogens is 2. The number of amides is 1. The standard InChI is InChI=1S/C14H9BrFNO3S/c15-12-7-10(16)6-5-9(12)8-17-14(18)11-3-1-2-4-13(11)21(17,19)20/h1-7H,8H2. The van der Waals surface area contributed by atoms with E-state index in [2.05, 4.69) is 15.9 Å². The molecule has 1 amide bonds. The Hall–Kier alpha value is -1.73. The molecular formula is C14H9BrFNO3S. The number of carbonyl (C=O) groups is 1. The number of rotatable bonds is 2. The van der Waals surface area contributed by atoms with Crippen LogP contribution in [0.4, 0.5) is 4.39 Å². The van der Waals surface area contributed by atoms with E-state index in [1.807, 2.05) is 0 Å². The molecule has 0 fully saturated rings. The van der Waals surface area contributed by atoms with Crippen LogP contribution in [-0.4, -0.2) is 18.6 Å². The molecule has 3 rings (SSSR count). The van der Waals surface area contributed by atoms with E-state index in [-0.39, 0.29) is 17.0 Å². The zero-order valence-electron chi connectivity index (χ0n) is 10.6. The van der Waals surface area contributed by atoms with Crippen molar-refractivity contribution in [1.29, 1.82) is 0 Å². The van der Waals surface area contributed by atoms with E-state index < -0.39 is 21.7 Å². The van der Waals surface area contributed by atoms with Gasteiger partial charge in [0, 0.05) is 4.47 Å². The molecule has 0 spiro atoms. The highest BCUT2D eigenvalue weighted by Gasteiger charge is 2.40. The minimum atomic E-state index is -3.85. The summed E-state index contributed by atoms with van der Waals surface area (Å²) in [6, 6.07) is 9.98. The van der Waals surface area contributed by atoms with Crippen molar-refractivity contribution in [3.8, 4) is 0 Å². The van der Waals surface area contributed by atoms with Gasteiger partial charge in [0.05, 0.1) is 12.1 Å². The zero-order chi connectivity index (χ0) is 15.2. The van der Waals surface area contributed by atoms with Crippen molar-refractivity contribution in [2.24, 2.45) is 0 Å². The maximum Gasteiger partial charge on any atom is 0.269 e. The van der Waals surface area contributed by atoms with Crippen molar-refractivity contribution in [1.82, 2.24) is 4.31 Å². The molecule has 0 atom stereocenters. The average Bonchev–Trinajstić information content (AvgIpc) is 2.63. The monoisotopic (exact) mass is 369 g/mol. The Balaban J connectivity index is 2.03. The Bertz CT molecular complexity index is 851. The van der Waals surface area contributed by atoms with Crippen molar-refractivity contribution in [3.63, 3.8) is 0 Å². The molecular weight excluding hydrogens is 361 g/mol. The molecule has 0 aromatic heterocycles.